The number of nitrogens with two attached hydrogens (primary N) is 1. The molecule has 0 unspecified atom stereocenters. The minimum atomic E-state index is 0.638. The maximum atomic E-state index is 6.06. The van der Waals surface area contributed by atoms with Gasteiger partial charge in [-0.05, 0) is 35.0 Å². The number of aryl methyl sites for hydroxylation is 1. The van der Waals surface area contributed by atoms with Crippen LogP contribution in [0.25, 0.3) is 17.1 Å². The van der Waals surface area contributed by atoms with E-state index in [1.165, 1.54) is 5.56 Å². The summed E-state index contributed by atoms with van der Waals surface area (Å²) in [4.78, 5) is 4.31. The van der Waals surface area contributed by atoms with Gasteiger partial charge in [0.25, 0.3) is 0 Å². The average molecular weight is 329 g/mol. The number of nitrogens with zero attached hydrogens (tertiary/aromatic N) is 3. The third kappa shape index (κ3) is 2.44. The molecule has 2 N–H and O–H groups in total. The van der Waals surface area contributed by atoms with Gasteiger partial charge in [0.15, 0.2) is 5.82 Å². The van der Waals surface area contributed by atoms with Crippen molar-refractivity contribution in [2.24, 2.45) is 0 Å². The molecule has 3 aromatic rings. The Bertz CT molecular complexity index is 730. The van der Waals surface area contributed by atoms with Crippen LogP contribution in [0.1, 0.15) is 5.56 Å². The molecule has 2 heterocycles. The van der Waals surface area contributed by atoms with E-state index < -0.39 is 0 Å². The zero-order chi connectivity index (χ0) is 14.1. The molecule has 5 heteroatoms. The molecule has 0 saturated carbocycles. The van der Waals surface area contributed by atoms with E-state index in [1.54, 1.807) is 17.1 Å². The van der Waals surface area contributed by atoms with Crippen molar-refractivity contribution in [3.05, 3.63) is 58.8 Å². The number of rotatable bonds is 2. The number of pyridine rings is 1. The Morgan fingerprint density at radius 1 is 1.10 bits per heavy atom. The molecular formula is C15H13BrN4. The molecule has 0 aliphatic heterocycles. The van der Waals surface area contributed by atoms with Crippen LogP contribution in [0.4, 0.5) is 5.69 Å². The third-order valence-electron chi connectivity index (χ3n) is 3.01. The molecule has 0 radical (unpaired) electrons. The van der Waals surface area contributed by atoms with Crippen LogP contribution < -0.4 is 5.73 Å². The molecule has 0 saturated heterocycles. The monoisotopic (exact) mass is 328 g/mol. The van der Waals surface area contributed by atoms with Crippen LogP contribution in [-0.4, -0.2) is 14.8 Å². The second kappa shape index (κ2) is 5.09. The van der Waals surface area contributed by atoms with E-state index in [4.69, 9.17) is 5.73 Å². The summed E-state index contributed by atoms with van der Waals surface area (Å²) in [5.74, 6) is 0.735. The van der Waals surface area contributed by atoms with Gasteiger partial charge in [0.05, 0.1) is 11.9 Å². The molecule has 0 aliphatic carbocycles. The molecule has 0 amide bonds. The number of benzene rings is 1. The number of halogens is 1. The summed E-state index contributed by atoms with van der Waals surface area (Å²) >= 11 is 3.36. The lowest BCUT2D eigenvalue weighted by Gasteiger charge is -2.00. The van der Waals surface area contributed by atoms with Crippen LogP contribution in [0.2, 0.25) is 0 Å². The van der Waals surface area contributed by atoms with Gasteiger partial charge in [-0.3, -0.25) is 0 Å². The Kier molecular flexibility index (Phi) is 3.28. The summed E-state index contributed by atoms with van der Waals surface area (Å²) in [5, 5.41) is 4.52. The molecule has 0 fully saturated rings. The molecule has 100 valence electrons. The van der Waals surface area contributed by atoms with Gasteiger partial charge in [-0.2, -0.15) is 5.10 Å². The normalized spacial score (nSPS) is 10.7. The summed E-state index contributed by atoms with van der Waals surface area (Å²) in [7, 11) is 0. The molecular weight excluding hydrogens is 316 g/mol. The van der Waals surface area contributed by atoms with Crippen molar-refractivity contribution in [2.75, 3.05) is 5.73 Å². The highest BCUT2D eigenvalue weighted by molar-refractivity contribution is 9.10. The molecule has 20 heavy (non-hydrogen) atoms. The van der Waals surface area contributed by atoms with Crippen LogP contribution >= 0.6 is 15.9 Å². The van der Waals surface area contributed by atoms with Gasteiger partial charge in [-0.25, -0.2) is 9.67 Å². The van der Waals surface area contributed by atoms with Crippen molar-refractivity contribution in [1.29, 1.82) is 0 Å². The first-order chi connectivity index (χ1) is 9.63. The Balaban J connectivity index is 2.02. The van der Waals surface area contributed by atoms with Crippen LogP contribution in [0.3, 0.4) is 0 Å². The fraction of sp³-hybridized carbons (Fsp3) is 0.0667. The largest absolute Gasteiger partial charge is 0.396 e. The minimum absolute atomic E-state index is 0.638. The predicted molar refractivity (Wildman–Crippen MR) is 83.6 cm³/mol. The summed E-state index contributed by atoms with van der Waals surface area (Å²) in [5.41, 5.74) is 9.68. The topological polar surface area (TPSA) is 56.7 Å². The lowest BCUT2D eigenvalue weighted by atomic mass is 10.1. The molecule has 0 atom stereocenters. The zero-order valence-electron chi connectivity index (χ0n) is 10.9. The van der Waals surface area contributed by atoms with Crippen molar-refractivity contribution in [1.82, 2.24) is 14.8 Å². The van der Waals surface area contributed by atoms with E-state index in [1.807, 2.05) is 36.4 Å². The smallest absolute Gasteiger partial charge is 0.153 e. The first kappa shape index (κ1) is 12.9. The van der Waals surface area contributed by atoms with Crippen LogP contribution in [-0.2, 0) is 0 Å². The van der Waals surface area contributed by atoms with Gasteiger partial charge in [0.2, 0.25) is 0 Å². The summed E-state index contributed by atoms with van der Waals surface area (Å²) in [6.45, 7) is 2.05. The number of anilines is 1. The van der Waals surface area contributed by atoms with Gasteiger partial charge in [0.1, 0.15) is 5.69 Å². The van der Waals surface area contributed by atoms with Gasteiger partial charge >= 0.3 is 0 Å². The van der Waals surface area contributed by atoms with Gasteiger partial charge in [-0.15, -0.1) is 0 Å². The number of nitrogen functional groups attached to an aromatic ring is 1. The third-order valence-corrected chi connectivity index (χ3v) is 3.48. The molecule has 1 aromatic carbocycles. The van der Waals surface area contributed by atoms with Crippen molar-refractivity contribution < 1.29 is 0 Å². The highest BCUT2D eigenvalue weighted by Gasteiger charge is 2.10. The maximum Gasteiger partial charge on any atom is 0.153 e. The van der Waals surface area contributed by atoms with E-state index in [9.17, 15) is 0 Å². The standard InChI is InChI=1S/C15H13BrN4/c1-10-2-4-11(5-3-10)15-13(17)9-20(19-15)14-7-6-12(16)8-18-14/h2-9H,17H2,1H3. The fourth-order valence-corrected chi connectivity index (χ4v) is 2.18. The number of hydrogen-bond donors (Lipinski definition) is 1. The number of hydrogen-bond acceptors (Lipinski definition) is 3. The Morgan fingerprint density at radius 3 is 2.50 bits per heavy atom. The zero-order valence-corrected chi connectivity index (χ0v) is 12.5. The first-order valence-electron chi connectivity index (χ1n) is 6.17. The van der Waals surface area contributed by atoms with E-state index in [0.717, 1.165) is 21.5 Å². The van der Waals surface area contributed by atoms with Crippen molar-refractivity contribution >= 4 is 21.6 Å². The highest BCUT2D eigenvalue weighted by Crippen LogP contribution is 2.25. The van der Waals surface area contributed by atoms with E-state index in [-0.39, 0.29) is 0 Å². The molecule has 3 rings (SSSR count). The Labute approximate surface area is 125 Å². The van der Waals surface area contributed by atoms with Gasteiger partial charge in [-0.1, -0.05) is 29.8 Å². The molecule has 0 spiro atoms. The second-order valence-corrected chi connectivity index (χ2v) is 5.49. The number of aromatic nitrogens is 3. The highest BCUT2D eigenvalue weighted by atomic mass is 79.9. The summed E-state index contributed by atoms with van der Waals surface area (Å²) in [6, 6.07) is 11.9. The quantitative estimate of drug-likeness (QED) is 0.782. The Morgan fingerprint density at radius 2 is 1.85 bits per heavy atom. The van der Waals surface area contributed by atoms with Crippen molar-refractivity contribution in [3.63, 3.8) is 0 Å². The van der Waals surface area contributed by atoms with Crippen LogP contribution in [0, 0.1) is 6.92 Å². The van der Waals surface area contributed by atoms with Gasteiger partial charge < -0.3 is 5.73 Å². The van der Waals surface area contributed by atoms with Crippen molar-refractivity contribution in [2.45, 2.75) is 6.92 Å². The molecule has 2 aromatic heterocycles. The molecule has 0 aliphatic rings. The Hall–Kier alpha value is -2.14. The molecule has 0 bridgehead atoms. The predicted octanol–water partition coefficient (Wildman–Crippen LogP) is 3.59. The maximum absolute atomic E-state index is 6.06. The van der Waals surface area contributed by atoms with Crippen LogP contribution in [0.5, 0.6) is 0 Å². The average Bonchev–Trinajstić information content (AvgIpc) is 2.82. The van der Waals surface area contributed by atoms with Gasteiger partial charge in [0, 0.05) is 16.2 Å². The van der Waals surface area contributed by atoms with E-state index >= 15 is 0 Å². The lowest BCUT2D eigenvalue weighted by molar-refractivity contribution is 0.849. The summed E-state index contributed by atoms with van der Waals surface area (Å²) < 4.78 is 2.62. The fourth-order valence-electron chi connectivity index (χ4n) is 1.94. The van der Waals surface area contributed by atoms with E-state index in [0.29, 0.717) is 5.69 Å². The first-order valence-corrected chi connectivity index (χ1v) is 6.97. The minimum Gasteiger partial charge on any atom is -0.396 e. The van der Waals surface area contributed by atoms with Crippen molar-refractivity contribution in [3.8, 4) is 17.1 Å². The van der Waals surface area contributed by atoms with Crippen LogP contribution in [0.15, 0.2) is 53.3 Å². The lowest BCUT2D eigenvalue weighted by Crippen LogP contribution is -1.97. The second-order valence-electron chi connectivity index (χ2n) is 4.58. The van der Waals surface area contributed by atoms with E-state index in [2.05, 4.69) is 32.9 Å². The SMILES string of the molecule is Cc1ccc(-c2nn(-c3ccc(Br)cn3)cc2N)cc1. The molecule has 4 nitrogen and oxygen atoms in total. The summed E-state index contributed by atoms with van der Waals surface area (Å²) in [6.07, 6.45) is 3.52.